The van der Waals surface area contributed by atoms with E-state index in [-0.39, 0.29) is 0 Å². The highest BCUT2D eigenvalue weighted by Crippen LogP contribution is 2.47. The van der Waals surface area contributed by atoms with E-state index < -0.39 is 0 Å². The summed E-state index contributed by atoms with van der Waals surface area (Å²) in [7, 11) is 0. The van der Waals surface area contributed by atoms with Gasteiger partial charge in [0.15, 0.2) is 11.5 Å². The quantitative estimate of drug-likeness (QED) is 0.281. The lowest BCUT2D eigenvalue weighted by Gasteiger charge is -2.32. The molecule has 7 rings (SSSR count). The maximum atomic E-state index is 6.28. The number of fused-ring (bicyclic) bond motifs is 5. The van der Waals surface area contributed by atoms with Gasteiger partial charge >= 0.3 is 0 Å². The topological polar surface area (TPSA) is 29.4 Å². The molecule has 1 aliphatic rings. The first-order chi connectivity index (χ1) is 17.8. The van der Waals surface area contributed by atoms with Crippen molar-refractivity contribution in [3.8, 4) is 17.2 Å². The second-order valence-corrected chi connectivity index (χ2v) is 9.04. The third kappa shape index (κ3) is 3.23. The Balaban J connectivity index is 1.29. The Hall–Kier alpha value is -4.70. The Morgan fingerprint density at radius 3 is 2.19 bits per heavy atom. The molecule has 0 fully saturated rings. The van der Waals surface area contributed by atoms with Gasteiger partial charge in [0, 0.05) is 40.4 Å². The van der Waals surface area contributed by atoms with Gasteiger partial charge in [-0.1, -0.05) is 48.5 Å². The maximum Gasteiger partial charge on any atom is 0.153 e. The Morgan fingerprint density at radius 2 is 1.31 bits per heavy atom. The fourth-order valence-corrected chi connectivity index (χ4v) is 5.32. The van der Waals surface area contributed by atoms with E-state index >= 15 is 0 Å². The van der Waals surface area contributed by atoms with Crippen molar-refractivity contribution < 1.29 is 4.74 Å². The van der Waals surface area contributed by atoms with Gasteiger partial charge in [0.1, 0.15) is 0 Å². The number of nitrogens with one attached hydrogen (secondary N) is 1. The molecule has 0 saturated heterocycles. The minimum absolute atomic E-state index is 0.863. The third-order valence-electron chi connectivity index (χ3n) is 6.92. The van der Waals surface area contributed by atoms with E-state index in [9.17, 15) is 0 Å². The van der Waals surface area contributed by atoms with E-state index in [2.05, 4.69) is 125 Å². The third-order valence-corrected chi connectivity index (χ3v) is 6.92. The van der Waals surface area contributed by atoms with Crippen LogP contribution in [0.3, 0.4) is 0 Å². The number of para-hydroxylation sites is 4. The van der Waals surface area contributed by atoms with E-state index in [0.29, 0.717) is 0 Å². The molecule has 36 heavy (non-hydrogen) atoms. The lowest BCUT2D eigenvalue weighted by atomic mass is 10.1. The maximum absolute atomic E-state index is 6.28. The Labute approximate surface area is 210 Å². The predicted molar refractivity (Wildman–Crippen MR) is 150 cm³/mol. The molecule has 174 valence electrons. The molecule has 4 nitrogen and oxygen atoms in total. The van der Waals surface area contributed by atoms with Crippen LogP contribution in [-0.2, 0) is 0 Å². The summed E-state index contributed by atoms with van der Waals surface area (Å²) in [6.07, 6.45) is 0. The summed E-state index contributed by atoms with van der Waals surface area (Å²) < 4.78 is 8.61. The summed E-state index contributed by atoms with van der Waals surface area (Å²) >= 11 is 0. The minimum atomic E-state index is 0.863. The molecule has 5 aromatic carbocycles. The summed E-state index contributed by atoms with van der Waals surface area (Å²) in [5.74, 6) is 1.75. The molecule has 0 spiro atoms. The smallest absolute Gasteiger partial charge is 0.153 e. The van der Waals surface area contributed by atoms with Gasteiger partial charge in [0.25, 0.3) is 0 Å². The second kappa shape index (κ2) is 8.21. The Bertz CT molecular complexity index is 1740. The van der Waals surface area contributed by atoms with Crippen LogP contribution in [0.1, 0.15) is 6.92 Å². The van der Waals surface area contributed by atoms with Gasteiger partial charge in [-0.2, -0.15) is 0 Å². The van der Waals surface area contributed by atoms with E-state index in [1.54, 1.807) is 0 Å². The van der Waals surface area contributed by atoms with E-state index in [0.717, 1.165) is 46.5 Å². The molecule has 1 aromatic heterocycles. The number of hydrogen-bond acceptors (Lipinski definition) is 3. The Kier molecular flexibility index (Phi) is 4.71. The van der Waals surface area contributed by atoms with Crippen molar-refractivity contribution in [3.05, 3.63) is 115 Å². The first-order valence-electron chi connectivity index (χ1n) is 12.3. The van der Waals surface area contributed by atoms with Gasteiger partial charge in [-0.15, -0.1) is 0 Å². The lowest BCUT2D eigenvalue weighted by Crippen LogP contribution is -2.20. The number of anilines is 4. The Morgan fingerprint density at radius 1 is 0.611 bits per heavy atom. The van der Waals surface area contributed by atoms with Crippen molar-refractivity contribution in [2.24, 2.45) is 0 Å². The highest BCUT2D eigenvalue weighted by Gasteiger charge is 2.23. The van der Waals surface area contributed by atoms with Crippen molar-refractivity contribution in [1.29, 1.82) is 0 Å². The van der Waals surface area contributed by atoms with Crippen LogP contribution in [0.4, 0.5) is 22.7 Å². The van der Waals surface area contributed by atoms with Crippen LogP contribution in [0.5, 0.6) is 11.5 Å². The number of aromatic nitrogens is 1. The molecular weight excluding hydrogens is 442 g/mol. The second-order valence-electron chi connectivity index (χ2n) is 9.04. The van der Waals surface area contributed by atoms with Crippen molar-refractivity contribution in [3.63, 3.8) is 0 Å². The van der Waals surface area contributed by atoms with E-state index in [4.69, 9.17) is 4.74 Å². The number of ether oxygens (including phenoxy) is 1. The van der Waals surface area contributed by atoms with Crippen LogP contribution in [0.2, 0.25) is 0 Å². The number of rotatable bonds is 4. The molecule has 4 heteroatoms. The summed E-state index contributed by atoms with van der Waals surface area (Å²) in [6.45, 7) is 3.04. The molecule has 0 saturated carbocycles. The van der Waals surface area contributed by atoms with Crippen LogP contribution >= 0.6 is 0 Å². The molecular formula is C32H25N3O. The molecule has 0 aliphatic carbocycles. The van der Waals surface area contributed by atoms with Gasteiger partial charge in [-0.25, -0.2) is 0 Å². The fraction of sp³-hybridized carbons (Fsp3) is 0.0625. The van der Waals surface area contributed by atoms with Gasteiger partial charge in [-0.3, -0.25) is 0 Å². The zero-order valence-electron chi connectivity index (χ0n) is 20.0. The van der Waals surface area contributed by atoms with Crippen LogP contribution in [0.25, 0.3) is 27.5 Å². The standard InChI is InChI=1S/C32H25N3O/c1-2-34-29-14-8-9-15-31(29)36-32-21-23(17-19-30(32)34)33-22-16-18-28-26(20-22)25-12-6-7-13-27(25)35(28)24-10-4-3-5-11-24/h3-21,33H,2H2,1H3. The summed E-state index contributed by atoms with van der Waals surface area (Å²) in [5, 5.41) is 6.07. The molecule has 0 amide bonds. The van der Waals surface area contributed by atoms with Gasteiger partial charge in [0.2, 0.25) is 0 Å². The molecule has 2 heterocycles. The zero-order chi connectivity index (χ0) is 24.1. The molecule has 0 bridgehead atoms. The van der Waals surface area contributed by atoms with Crippen molar-refractivity contribution in [2.75, 3.05) is 16.8 Å². The predicted octanol–water partition coefficient (Wildman–Crippen LogP) is 8.79. The molecule has 1 aliphatic heterocycles. The summed E-state index contributed by atoms with van der Waals surface area (Å²) in [5.41, 5.74) is 7.79. The highest BCUT2D eigenvalue weighted by molar-refractivity contribution is 6.10. The van der Waals surface area contributed by atoms with Gasteiger partial charge in [0.05, 0.1) is 22.4 Å². The van der Waals surface area contributed by atoms with Crippen molar-refractivity contribution in [1.82, 2.24) is 4.57 Å². The average molecular weight is 468 g/mol. The van der Waals surface area contributed by atoms with Gasteiger partial charge < -0.3 is 19.5 Å². The first kappa shape index (κ1) is 20.7. The van der Waals surface area contributed by atoms with Crippen LogP contribution in [-0.4, -0.2) is 11.1 Å². The molecule has 0 radical (unpaired) electrons. The SMILES string of the molecule is CCN1c2ccccc2Oc2cc(Nc3ccc4c(c3)c3ccccc3n4-c3ccccc3)ccc21. The zero-order valence-corrected chi connectivity index (χ0v) is 20.0. The average Bonchev–Trinajstić information content (AvgIpc) is 3.26. The molecule has 6 aromatic rings. The van der Waals surface area contributed by atoms with Crippen LogP contribution in [0.15, 0.2) is 115 Å². The van der Waals surface area contributed by atoms with Crippen LogP contribution in [0, 0.1) is 0 Å². The van der Waals surface area contributed by atoms with Gasteiger partial charge in [-0.05, 0) is 67.6 Å². The van der Waals surface area contributed by atoms with E-state index in [1.807, 2.05) is 12.1 Å². The summed E-state index contributed by atoms with van der Waals surface area (Å²) in [6, 6.07) is 40.3. The highest BCUT2D eigenvalue weighted by atomic mass is 16.5. The minimum Gasteiger partial charge on any atom is -0.453 e. The monoisotopic (exact) mass is 467 g/mol. The molecule has 0 unspecified atom stereocenters. The number of nitrogens with zero attached hydrogens (tertiary/aromatic N) is 2. The number of benzene rings is 5. The molecule has 0 atom stereocenters. The number of hydrogen-bond donors (Lipinski definition) is 1. The summed E-state index contributed by atoms with van der Waals surface area (Å²) in [4.78, 5) is 2.29. The lowest BCUT2D eigenvalue weighted by molar-refractivity contribution is 0.474. The van der Waals surface area contributed by atoms with Crippen molar-refractivity contribution in [2.45, 2.75) is 6.92 Å². The van der Waals surface area contributed by atoms with E-state index in [1.165, 1.54) is 21.8 Å². The fourth-order valence-electron chi connectivity index (χ4n) is 5.32. The first-order valence-corrected chi connectivity index (χ1v) is 12.3. The normalized spacial score (nSPS) is 12.3. The van der Waals surface area contributed by atoms with Crippen LogP contribution < -0.4 is 15.0 Å². The molecule has 1 N–H and O–H groups in total. The van der Waals surface area contributed by atoms with Crippen molar-refractivity contribution >= 4 is 44.6 Å². The largest absolute Gasteiger partial charge is 0.453 e.